The molecule has 0 radical (unpaired) electrons. The molecule has 0 aromatic carbocycles. The molecule has 1 saturated heterocycles. The van der Waals surface area contributed by atoms with E-state index >= 15 is 0 Å². The Labute approximate surface area is 211 Å². The quantitative estimate of drug-likeness (QED) is 0.393. The van der Waals surface area contributed by atoms with Gasteiger partial charge in [-0.25, -0.2) is 0 Å². The average Bonchev–Trinajstić information content (AvgIpc) is 2.80. The second-order valence-electron chi connectivity index (χ2n) is 9.72. The molecule has 1 aliphatic carbocycles. The smallest absolute Gasteiger partial charge is 0.322 e. The zero-order chi connectivity index (χ0) is 27.2. The Kier molecular flexibility index (Phi) is 9.95. The van der Waals surface area contributed by atoms with Crippen molar-refractivity contribution in [2.24, 2.45) is 11.3 Å². The highest BCUT2D eigenvalue weighted by atomic mass is 16.6. The summed E-state index contributed by atoms with van der Waals surface area (Å²) >= 11 is 0. The van der Waals surface area contributed by atoms with Gasteiger partial charge in [-0.3, -0.25) is 19.2 Å². The molecule has 3 rings (SSSR count). The van der Waals surface area contributed by atoms with Gasteiger partial charge >= 0.3 is 11.9 Å². The maximum absolute atomic E-state index is 13.7. The SMILES string of the molecule is CC(=O)OC1/C=C/C(C)=C/CC(O)/C=C/C(C)=C/C(NC(=O)C(C)O)C2(C)C(=O)OC(C1)C(C)C2=O. The molecule has 0 aromatic heterocycles. The van der Waals surface area contributed by atoms with Gasteiger partial charge in [0.25, 0.3) is 0 Å². The minimum Gasteiger partial charge on any atom is -0.461 e. The summed E-state index contributed by atoms with van der Waals surface area (Å²) in [5.74, 6) is -3.31. The summed E-state index contributed by atoms with van der Waals surface area (Å²) in [7, 11) is 0. The molecule has 1 amide bonds. The number of rotatable bonds is 3. The van der Waals surface area contributed by atoms with E-state index in [2.05, 4.69) is 5.32 Å². The number of aliphatic hydroxyl groups excluding tert-OH is 2. The summed E-state index contributed by atoms with van der Waals surface area (Å²) in [6, 6.07) is -1.12. The van der Waals surface area contributed by atoms with Crippen molar-refractivity contribution >= 4 is 23.6 Å². The summed E-state index contributed by atoms with van der Waals surface area (Å²) in [6.45, 7) is 9.13. The molecule has 9 heteroatoms. The zero-order valence-electron chi connectivity index (χ0n) is 21.7. The average molecular weight is 504 g/mol. The van der Waals surface area contributed by atoms with Crippen LogP contribution in [0.4, 0.5) is 0 Å². The second kappa shape index (κ2) is 12.3. The minimum atomic E-state index is -1.77. The first-order chi connectivity index (χ1) is 16.7. The van der Waals surface area contributed by atoms with Crippen molar-refractivity contribution in [2.45, 2.75) is 84.8 Å². The number of aliphatic hydroxyl groups is 2. The van der Waals surface area contributed by atoms with E-state index in [1.165, 1.54) is 26.8 Å². The van der Waals surface area contributed by atoms with Crippen molar-refractivity contribution in [1.82, 2.24) is 5.32 Å². The van der Waals surface area contributed by atoms with Crippen LogP contribution in [0.3, 0.4) is 0 Å². The Morgan fingerprint density at radius 3 is 2.44 bits per heavy atom. The van der Waals surface area contributed by atoms with Gasteiger partial charge in [-0.2, -0.15) is 0 Å². The number of amides is 1. The van der Waals surface area contributed by atoms with Crippen LogP contribution < -0.4 is 5.32 Å². The first-order valence-corrected chi connectivity index (χ1v) is 12.1. The Morgan fingerprint density at radius 2 is 1.83 bits per heavy atom. The summed E-state index contributed by atoms with van der Waals surface area (Å²) in [4.78, 5) is 51.0. The molecule has 2 aliphatic heterocycles. The van der Waals surface area contributed by atoms with Gasteiger partial charge in [-0.15, -0.1) is 0 Å². The van der Waals surface area contributed by atoms with Gasteiger partial charge in [0.1, 0.15) is 23.7 Å². The van der Waals surface area contributed by atoms with E-state index in [1.807, 2.05) is 13.0 Å². The molecule has 0 spiro atoms. The number of ketones is 1. The number of ether oxygens (including phenoxy) is 2. The van der Waals surface area contributed by atoms with Crippen LogP contribution in [0.1, 0.15) is 54.4 Å². The molecule has 198 valence electrons. The third-order valence-electron chi connectivity index (χ3n) is 6.51. The molecule has 7 atom stereocenters. The molecule has 9 nitrogen and oxygen atoms in total. The molecule has 3 N–H and O–H groups in total. The Balaban J connectivity index is 2.60. The van der Waals surface area contributed by atoms with E-state index in [0.717, 1.165) is 5.57 Å². The molecule has 3 aliphatic rings. The normalized spacial score (nSPS) is 37.3. The highest BCUT2D eigenvalue weighted by Gasteiger charge is 2.56. The van der Waals surface area contributed by atoms with E-state index in [-0.39, 0.29) is 6.42 Å². The van der Waals surface area contributed by atoms with Crippen molar-refractivity contribution in [3.63, 3.8) is 0 Å². The molecule has 2 heterocycles. The number of carbonyl (C=O) groups excluding carboxylic acids is 4. The van der Waals surface area contributed by atoms with Crippen molar-refractivity contribution < 1.29 is 38.9 Å². The maximum atomic E-state index is 13.7. The number of hydrogen-bond acceptors (Lipinski definition) is 8. The maximum Gasteiger partial charge on any atom is 0.322 e. The second-order valence-corrected chi connectivity index (χ2v) is 9.72. The lowest BCUT2D eigenvalue weighted by Crippen LogP contribution is -2.62. The topological polar surface area (TPSA) is 139 Å². The molecule has 7 unspecified atom stereocenters. The first-order valence-electron chi connectivity index (χ1n) is 12.1. The van der Waals surface area contributed by atoms with Crippen molar-refractivity contribution in [1.29, 1.82) is 0 Å². The predicted octanol–water partition coefficient (Wildman–Crippen LogP) is 2.08. The fourth-order valence-corrected chi connectivity index (χ4v) is 4.17. The summed E-state index contributed by atoms with van der Waals surface area (Å²) < 4.78 is 11.1. The molecule has 0 aromatic rings. The number of allylic oxidation sites excluding steroid dienone is 4. The Bertz CT molecular complexity index is 992. The molecule has 2 bridgehead atoms. The summed E-state index contributed by atoms with van der Waals surface area (Å²) in [5, 5.41) is 22.7. The fourth-order valence-electron chi connectivity index (χ4n) is 4.17. The number of hydrogen-bond donors (Lipinski definition) is 3. The monoisotopic (exact) mass is 503 g/mol. The van der Waals surface area contributed by atoms with Crippen LogP contribution in [-0.4, -0.2) is 64.3 Å². The molecule has 36 heavy (non-hydrogen) atoms. The Morgan fingerprint density at radius 1 is 1.19 bits per heavy atom. The fraction of sp³-hybridized carbons (Fsp3) is 0.556. The number of carbonyl (C=O) groups is 4. The molecular weight excluding hydrogens is 466 g/mol. The number of fused-ring (bicyclic) bond motifs is 10. The van der Waals surface area contributed by atoms with E-state index < -0.39 is 65.4 Å². The van der Waals surface area contributed by atoms with Gasteiger partial charge in [0.2, 0.25) is 5.91 Å². The molecular formula is C27H37NO8. The van der Waals surface area contributed by atoms with Gasteiger partial charge in [0.05, 0.1) is 18.1 Å². The lowest BCUT2D eigenvalue weighted by molar-refractivity contribution is -0.182. The van der Waals surface area contributed by atoms with E-state index in [0.29, 0.717) is 12.0 Å². The highest BCUT2D eigenvalue weighted by Crippen LogP contribution is 2.38. The first kappa shape index (κ1) is 29.2. The molecule has 0 saturated carbocycles. The van der Waals surface area contributed by atoms with Gasteiger partial charge in [0.15, 0.2) is 5.78 Å². The number of nitrogens with one attached hydrogen (secondary N) is 1. The summed E-state index contributed by atoms with van der Waals surface area (Å²) in [5.41, 5.74) is -0.358. The van der Waals surface area contributed by atoms with Crippen LogP contribution in [0.2, 0.25) is 0 Å². The minimum absolute atomic E-state index is 0.0713. The van der Waals surface area contributed by atoms with E-state index in [1.54, 1.807) is 38.2 Å². The lowest BCUT2D eigenvalue weighted by Gasteiger charge is -2.42. The van der Waals surface area contributed by atoms with Crippen LogP contribution in [0.25, 0.3) is 0 Å². The van der Waals surface area contributed by atoms with Crippen LogP contribution in [0.5, 0.6) is 0 Å². The number of esters is 2. The van der Waals surface area contributed by atoms with Gasteiger partial charge in [-0.1, -0.05) is 48.5 Å². The van der Waals surface area contributed by atoms with E-state index in [4.69, 9.17) is 9.47 Å². The lowest BCUT2D eigenvalue weighted by atomic mass is 9.69. The zero-order valence-corrected chi connectivity index (χ0v) is 21.7. The Hall–Kier alpha value is -3.04. The third kappa shape index (κ3) is 7.24. The van der Waals surface area contributed by atoms with Crippen LogP contribution >= 0.6 is 0 Å². The standard InChI is InChI=1S/C27H37NO8/c1-15-7-10-20(31)11-8-16(2)13-23(28-25(33)18(4)29)27(6)24(32)17(3)22(36-26(27)34)14-21(12-9-15)35-19(5)30/h7-9,11-13,17-18,20-23,29,31H,10,14H2,1-6H3,(H,28,33)/b11-8+,12-9+,15-7+,16-13+. The van der Waals surface area contributed by atoms with Gasteiger partial charge in [-0.05, 0) is 40.2 Å². The largest absolute Gasteiger partial charge is 0.461 e. The highest BCUT2D eigenvalue weighted by molar-refractivity contribution is 6.08. The van der Waals surface area contributed by atoms with Crippen molar-refractivity contribution in [3.8, 4) is 0 Å². The molecule has 1 fully saturated rings. The number of Topliss-reactive ketones (excluding diaryl/α,β-unsaturated/α-hetero) is 1. The van der Waals surface area contributed by atoms with Crippen molar-refractivity contribution in [2.75, 3.05) is 0 Å². The summed E-state index contributed by atoms with van der Waals surface area (Å²) in [6.07, 6.45) is 6.59. The van der Waals surface area contributed by atoms with Gasteiger partial charge in [0, 0.05) is 13.3 Å². The predicted molar refractivity (Wildman–Crippen MR) is 132 cm³/mol. The van der Waals surface area contributed by atoms with Crippen molar-refractivity contribution in [3.05, 3.63) is 47.6 Å². The van der Waals surface area contributed by atoms with Crippen LogP contribution in [0, 0.1) is 11.3 Å². The third-order valence-corrected chi connectivity index (χ3v) is 6.51. The van der Waals surface area contributed by atoms with E-state index in [9.17, 15) is 29.4 Å². The van der Waals surface area contributed by atoms with Crippen LogP contribution in [0.15, 0.2) is 47.6 Å². The van der Waals surface area contributed by atoms with Gasteiger partial charge < -0.3 is 25.0 Å². The van der Waals surface area contributed by atoms with Crippen LogP contribution in [-0.2, 0) is 28.7 Å².